The van der Waals surface area contributed by atoms with Gasteiger partial charge in [-0.05, 0) is 75.7 Å². The molecule has 1 saturated carbocycles. The molecule has 2 aliphatic rings. The van der Waals surface area contributed by atoms with E-state index in [-0.39, 0.29) is 6.10 Å². The highest BCUT2D eigenvalue weighted by Gasteiger charge is 2.22. The second kappa shape index (κ2) is 9.59. The summed E-state index contributed by atoms with van der Waals surface area (Å²) in [5.41, 5.74) is 6.56. The maximum Gasteiger partial charge on any atom is 0.139 e. The largest absolute Gasteiger partial charge is 0.393 e. The average Bonchev–Trinajstić information content (AvgIpc) is 3.46. The zero-order valence-electron chi connectivity index (χ0n) is 19.1. The molecule has 6 heteroatoms. The summed E-state index contributed by atoms with van der Waals surface area (Å²) >= 11 is 0. The van der Waals surface area contributed by atoms with Crippen LogP contribution in [0.2, 0.25) is 0 Å². The predicted molar refractivity (Wildman–Crippen MR) is 130 cm³/mol. The number of nitrogens with one attached hydrogen (secondary N) is 2. The van der Waals surface area contributed by atoms with Crippen LogP contribution in [-0.2, 0) is 13.0 Å². The van der Waals surface area contributed by atoms with Gasteiger partial charge in [0.2, 0.25) is 0 Å². The Hall–Kier alpha value is -2.44. The lowest BCUT2D eigenvalue weighted by atomic mass is 9.92. The van der Waals surface area contributed by atoms with Gasteiger partial charge in [-0.15, -0.1) is 0 Å². The number of likely N-dealkylation sites (tertiary alicyclic amines) is 1. The molecule has 4 heterocycles. The van der Waals surface area contributed by atoms with Crippen LogP contribution in [0.5, 0.6) is 0 Å². The third-order valence-electron chi connectivity index (χ3n) is 6.98. The quantitative estimate of drug-likeness (QED) is 0.495. The van der Waals surface area contributed by atoms with Crippen LogP contribution in [0.15, 0.2) is 30.6 Å². The number of aromatic amines is 1. The number of aliphatic hydroxyl groups excluding tert-OH is 1. The number of aliphatic hydroxyl groups is 1. The fraction of sp³-hybridized carbons (Fsp3) is 0.538. The van der Waals surface area contributed by atoms with Crippen molar-refractivity contribution < 1.29 is 5.11 Å². The van der Waals surface area contributed by atoms with Gasteiger partial charge in [0, 0.05) is 41.6 Å². The minimum atomic E-state index is -0.154. The third kappa shape index (κ3) is 4.66. The van der Waals surface area contributed by atoms with Gasteiger partial charge in [0.15, 0.2) is 0 Å². The summed E-state index contributed by atoms with van der Waals surface area (Å²) in [6, 6.07) is 6.97. The zero-order chi connectivity index (χ0) is 21.9. The standard InChI is InChI=1S/C26H35N5O/c1-2-5-20-14-22-25(29-19-7-9-21(32)10-8-19)23(16-28-26(22)30-20)24-11-6-18(15-27-24)17-31-12-3-4-13-31/h6,11,14-16,19,21,32H,2-5,7-10,12-13,17H2,1H3,(H2,28,29,30). The van der Waals surface area contributed by atoms with Crippen LogP contribution in [0.25, 0.3) is 22.3 Å². The number of H-pyrrole nitrogens is 1. The predicted octanol–water partition coefficient (Wildman–Crippen LogP) is 4.89. The lowest BCUT2D eigenvalue weighted by molar-refractivity contribution is 0.126. The molecule has 6 nitrogen and oxygen atoms in total. The smallest absolute Gasteiger partial charge is 0.139 e. The minimum absolute atomic E-state index is 0.154. The molecule has 1 saturated heterocycles. The summed E-state index contributed by atoms with van der Waals surface area (Å²) in [6.45, 7) is 5.57. The highest BCUT2D eigenvalue weighted by molar-refractivity contribution is 5.98. The van der Waals surface area contributed by atoms with Crippen LogP contribution < -0.4 is 5.32 Å². The molecule has 0 unspecified atom stereocenters. The van der Waals surface area contributed by atoms with Crippen LogP contribution in [0.3, 0.4) is 0 Å². The van der Waals surface area contributed by atoms with Gasteiger partial charge < -0.3 is 15.4 Å². The summed E-state index contributed by atoms with van der Waals surface area (Å²) in [5, 5.41) is 14.9. The van der Waals surface area contributed by atoms with E-state index < -0.39 is 0 Å². The van der Waals surface area contributed by atoms with E-state index in [0.29, 0.717) is 6.04 Å². The highest BCUT2D eigenvalue weighted by atomic mass is 16.3. The van der Waals surface area contributed by atoms with Gasteiger partial charge in [-0.3, -0.25) is 9.88 Å². The summed E-state index contributed by atoms with van der Waals surface area (Å²) in [5.74, 6) is 0. The van der Waals surface area contributed by atoms with E-state index in [0.717, 1.165) is 73.0 Å². The number of aryl methyl sites for hydroxylation is 1. The van der Waals surface area contributed by atoms with Crippen LogP contribution in [0, 0.1) is 0 Å². The second-order valence-corrected chi connectivity index (χ2v) is 9.54. The molecule has 0 atom stereocenters. The zero-order valence-corrected chi connectivity index (χ0v) is 19.1. The van der Waals surface area contributed by atoms with Gasteiger partial charge in [0.25, 0.3) is 0 Å². The monoisotopic (exact) mass is 433 g/mol. The van der Waals surface area contributed by atoms with Gasteiger partial charge in [0.05, 0.1) is 17.5 Å². The molecule has 0 amide bonds. The van der Waals surface area contributed by atoms with Gasteiger partial charge in [-0.1, -0.05) is 19.4 Å². The first-order chi connectivity index (χ1) is 15.7. The molecule has 3 aromatic rings. The van der Waals surface area contributed by atoms with Crippen molar-refractivity contribution in [3.8, 4) is 11.3 Å². The van der Waals surface area contributed by atoms with E-state index in [4.69, 9.17) is 9.97 Å². The topological polar surface area (TPSA) is 77.1 Å². The number of pyridine rings is 2. The summed E-state index contributed by atoms with van der Waals surface area (Å²) in [4.78, 5) is 15.6. The molecular weight excluding hydrogens is 398 g/mol. The van der Waals surface area contributed by atoms with E-state index >= 15 is 0 Å². The van der Waals surface area contributed by atoms with Crippen LogP contribution >= 0.6 is 0 Å². The Balaban J connectivity index is 1.46. The SMILES string of the molecule is CCCc1cc2c(NC3CCC(O)CC3)c(-c3ccc(CN4CCCC4)cn3)cnc2[nH]1. The number of nitrogens with zero attached hydrogens (tertiary/aromatic N) is 3. The molecule has 1 aliphatic heterocycles. The summed E-state index contributed by atoms with van der Waals surface area (Å²) < 4.78 is 0. The van der Waals surface area contributed by atoms with Crippen molar-refractivity contribution in [2.75, 3.05) is 18.4 Å². The van der Waals surface area contributed by atoms with E-state index in [1.54, 1.807) is 0 Å². The fourth-order valence-electron chi connectivity index (χ4n) is 5.18. The third-order valence-corrected chi connectivity index (χ3v) is 6.98. The molecule has 2 fully saturated rings. The maximum atomic E-state index is 9.93. The fourth-order valence-corrected chi connectivity index (χ4v) is 5.18. The number of fused-ring (bicyclic) bond motifs is 1. The summed E-state index contributed by atoms with van der Waals surface area (Å²) in [6.07, 6.45) is 12.2. The molecule has 0 bridgehead atoms. The van der Waals surface area contributed by atoms with E-state index in [1.807, 2.05) is 12.4 Å². The van der Waals surface area contributed by atoms with Crippen molar-refractivity contribution >= 4 is 16.7 Å². The maximum absolute atomic E-state index is 9.93. The number of anilines is 1. The molecular formula is C26H35N5O. The number of rotatable bonds is 7. The lowest BCUT2D eigenvalue weighted by Crippen LogP contribution is -2.28. The Morgan fingerprint density at radius 2 is 1.91 bits per heavy atom. The molecule has 0 radical (unpaired) electrons. The highest BCUT2D eigenvalue weighted by Crippen LogP contribution is 2.35. The Morgan fingerprint density at radius 1 is 1.09 bits per heavy atom. The van der Waals surface area contributed by atoms with Crippen LogP contribution in [-0.4, -0.2) is 50.2 Å². The second-order valence-electron chi connectivity index (χ2n) is 9.54. The lowest BCUT2D eigenvalue weighted by Gasteiger charge is -2.28. The molecule has 3 N–H and O–H groups in total. The first-order valence-corrected chi connectivity index (χ1v) is 12.3. The van der Waals surface area contributed by atoms with E-state index in [9.17, 15) is 5.11 Å². The van der Waals surface area contributed by atoms with Crippen LogP contribution in [0.4, 0.5) is 5.69 Å². The first-order valence-electron chi connectivity index (χ1n) is 12.3. The van der Waals surface area contributed by atoms with E-state index in [1.165, 1.54) is 37.2 Å². The average molecular weight is 434 g/mol. The van der Waals surface area contributed by atoms with Crippen molar-refractivity contribution in [2.45, 2.75) is 77.0 Å². The minimum Gasteiger partial charge on any atom is -0.393 e. The van der Waals surface area contributed by atoms with Crippen molar-refractivity contribution in [3.63, 3.8) is 0 Å². The van der Waals surface area contributed by atoms with Gasteiger partial charge in [-0.2, -0.15) is 0 Å². The molecule has 5 rings (SSSR count). The Labute approximate surface area is 190 Å². The number of hydrogen-bond acceptors (Lipinski definition) is 5. The van der Waals surface area contributed by atoms with Crippen molar-refractivity contribution in [2.24, 2.45) is 0 Å². The molecule has 170 valence electrons. The van der Waals surface area contributed by atoms with Crippen molar-refractivity contribution in [1.82, 2.24) is 19.9 Å². The normalized spacial score (nSPS) is 21.9. The number of aromatic nitrogens is 3. The van der Waals surface area contributed by atoms with Gasteiger partial charge in [0.1, 0.15) is 5.65 Å². The van der Waals surface area contributed by atoms with Crippen molar-refractivity contribution in [3.05, 3.63) is 41.9 Å². The Bertz CT molecular complexity index is 1030. The molecule has 0 aromatic carbocycles. The Morgan fingerprint density at radius 3 is 2.62 bits per heavy atom. The number of hydrogen-bond donors (Lipinski definition) is 3. The summed E-state index contributed by atoms with van der Waals surface area (Å²) in [7, 11) is 0. The molecule has 0 spiro atoms. The molecule has 1 aliphatic carbocycles. The Kier molecular flexibility index (Phi) is 6.42. The van der Waals surface area contributed by atoms with E-state index in [2.05, 4.69) is 40.3 Å². The van der Waals surface area contributed by atoms with Gasteiger partial charge in [-0.25, -0.2) is 4.98 Å². The van der Waals surface area contributed by atoms with Gasteiger partial charge >= 0.3 is 0 Å². The van der Waals surface area contributed by atoms with Crippen molar-refractivity contribution in [1.29, 1.82) is 0 Å². The molecule has 3 aromatic heterocycles. The first kappa shape index (κ1) is 21.4. The molecule has 32 heavy (non-hydrogen) atoms. The van der Waals surface area contributed by atoms with Crippen LogP contribution in [0.1, 0.15) is 63.1 Å².